The van der Waals surface area contributed by atoms with E-state index in [0.717, 1.165) is 31.9 Å². The third kappa shape index (κ3) is 2.79. The Morgan fingerprint density at radius 2 is 1.78 bits per heavy atom. The van der Waals surface area contributed by atoms with Gasteiger partial charge in [0.25, 0.3) is 0 Å². The number of hydrogen-bond donors (Lipinski definition) is 3. The van der Waals surface area contributed by atoms with E-state index in [0.29, 0.717) is 5.56 Å². The van der Waals surface area contributed by atoms with Crippen molar-refractivity contribution in [1.82, 2.24) is 5.32 Å². The molecule has 1 aliphatic heterocycles. The van der Waals surface area contributed by atoms with Crippen LogP contribution in [0, 0.1) is 11.3 Å². The molecule has 0 amide bonds. The lowest BCUT2D eigenvalue weighted by atomic mass is 10.0. The number of nitrogens with one attached hydrogen (secondary N) is 1. The molecule has 0 aromatic heterocycles. The van der Waals surface area contributed by atoms with Crippen molar-refractivity contribution in [2.24, 2.45) is 0 Å². The lowest BCUT2D eigenvalue weighted by molar-refractivity contribution is 0.0528. The Balaban J connectivity index is 2.07. The summed E-state index contributed by atoms with van der Waals surface area (Å²) in [4.78, 5) is 2.26. The molecule has 5 heteroatoms. The summed E-state index contributed by atoms with van der Waals surface area (Å²) in [6.45, 7) is 3.86. The monoisotopic (exact) mass is 247 g/mol. The molecule has 2 rings (SSSR count). The normalized spacial score (nSPS) is 19.1. The molecular formula is C13H17N3O2. The van der Waals surface area contributed by atoms with Crippen molar-refractivity contribution in [3.63, 3.8) is 0 Å². The predicted molar refractivity (Wildman–Crippen MR) is 68.1 cm³/mol. The number of nitrogens with zero attached hydrogens (tertiary/aromatic N) is 2. The summed E-state index contributed by atoms with van der Waals surface area (Å²) >= 11 is 0. The minimum absolute atomic E-state index is 0.558. The second kappa shape index (κ2) is 5.83. The number of aliphatic hydroxyl groups excluding tert-OH is 2. The quantitative estimate of drug-likeness (QED) is 0.656. The van der Waals surface area contributed by atoms with Gasteiger partial charge >= 0.3 is 0 Å². The third-order valence-electron chi connectivity index (χ3n) is 3.15. The highest BCUT2D eigenvalue weighted by molar-refractivity contribution is 5.48. The summed E-state index contributed by atoms with van der Waals surface area (Å²) in [6.07, 6.45) is -2.53. The molecule has 1 aromatic carbocycles. The molecule has 96 valence electrons. The third-order valence-corrected chi connectivity index (χ3v) is 3.15. The summed E-state index contributed by atoms with van der Waals surface area (Å²) in [5, 5.41) is 30.8. The molecule has 1 heterocycles. The van der Waals surface area contributed by atoms with Crippen LogP contribution in [-0.4, -0.2) is 42.5 Å². The van der Waals surface area contributed by atoms with Gasteiger partial charge in [0.05, 0.1) is 6.07 Å². The number of aliphatic hydroxyl groups is 2. The van der Waals surface area contributed by atoms with Crippen molar-refractivity contribution in [2.45, 2.75) is 12.2 Å². The molecule has 2 atom stereocenters. The smallest absolute Gasteiger partial charge is 0.170 e. The van der Waals surface area contributed by atoms with Crippen LogP contribution < -0.4 is 10.2 Å². The van der Waals surface area contributed by atoms with Gasteiger partial charge in [0.1, 0.15) is 6.10 Å². The molecule has 0 spiro atoms. The predicted octanol–water partition coefficient (Wildman–Crippen LogP) is 0.0141. The first kappa shape index (κ1) is 12.8. The van der Waals surface area contributed by atoms with E-state index in [2.05, 4.69) is 10.2 Å². The van der Waals surface area contributed by atoms with Crippen LogP contribution >= 0.6 is 0 Å². The average Bonchev–Trinajstić information content (AvgIpc) is 2.47. The number of piperazine rings is 1. The Morgan fingerprint density at radius 3 is 2.33 bits per heavy atom. The van der Waals surface area contributed by atoms with E-state index in [1.165, 1.54) is 0 Å². The molecule has 0 bridgehead atoms. The number of anilines is 1. The number of nitriles is 1. The summed E-state index contributed by atoms with van der Waals surface area (Å²) in [7, 11) is 0. The lowest BCUT2D eigenvalue weighted by Gasteiger charge is -2.29. The van der Waals surface area contributed by atoms with Gasteiger partial charge in [-0.1, -0.05) is 12.1 Å². The van der Waals surface area contributed by atoms with Gasteiger partial charge in [-0.05, 0) is 17.7 Å². The molecule has 1 saturated heterocycles. The number of benzene rings is 1. The molecule has 0 aliphatic carbocycles. The molecule has 0 radical (unpaired) electrons. The Morgan fingerprint density at radius 1 is 1.17 bits per heavy atom. The first-order valence-electron chi connectivity index (χ1n) is 6.04. The van der Waals surface area contributed by atoms with E-state index in [-0.39, 0.29) is 0 Å². The van der Waals surface area contributed by atoms with Crippen molar-refractivity contribution in [2.75, 3.05) is 31.1 Å². The van der Waals surface area contributed by atoms with Crippen LogP contribution in [0.15, 0.2) is 24.3 Å². The standard InChI is InChI=1S/C13H17N3O2/c14-9-12(17)13(18)10-1-3-11(4-2-10)16-7-5-15-6-8-16/h1-4,12-13,15,17-18H,5-8H2. The van der Waals surface area contributed by atoms with Crippen molar-refractivity contribution in [3.8, 4) is 6.07 Å². The average molecular weight is 247 g/mol. The van der Waals surface area contributed by atoms with Gasteiger partial charge in [-0.15, -0.1) is 0 Å². The van der Waals surface area contributed by atoms with Crippen molar-refractivity contribution < 1.29 is 10.2 Å². The highest BCUT2D eigenvalue weighted by atomic mass is 16.3. The first-order valence-corrected chi connectivity index (χ1v) is 6.04. The molecule has 2 unspecified atom stereocenters. The topological polar surface area (TPSA) is 79.5 Å². The van der Waals surface area contributed by atoms with Crippen LogP contribution in [0.4, 0.5) is 5.69 Å². The van der Waals surface area contributed by atoms with Crippen molar-refractivity contribution in [1.29, 1.82) is 5.26 Å². The van der Waals surface area contributed by atoms with Gasteiger partial charge < -0.3 is 20.4 Å². The van der Waals surface area contributed by atoms with Gasteiger partial charge in [-0.25, -0.2) is 0 Å². The van der Waals surface area contributed by atoms with Crippen LogP contribution in [0.5, 0.6) is 0 Å². The van der Waals surface area contributed by atoms with Crippen molar-refractivity contribution in [3.05, 3.63) is 29.8 Å². The summed E-state index contributed by atoms with van der Waals surface area (Å²) in [5.41, 5.74) is 1.65. The van der Waals surface area contributed by atoms with Crippen LogP contribution in [-0.2, 0) is 0 Å². The SMILES string of the molecule is N#CC(O)C(O)c1ccc(N2CCNCC2)cc1. The number of rotatable bonds is 3. The van der Waals surface area contributed by atoms with Crippen LogP contribution in [0.2, 0.25) is 0 Å². The molecule has 1 fully saturated rings. The van der Waals surface area contributed by atoms with Gasteiger partial charge in [0.2, 0.25) is 0 Å². The van der Waals surface area contributed by atoms with E-state index in [1.807, 2.05) is 12.1 Å². The van der Waals surface area contributed by atoms with Crippen LogP contribution in [0.25, 0.3) is 0 Å². The zero-order chi connectivity index (χ0) is 13.0. The summed E-state index contributed by atoms with van der Waals surface area (Å²) in [5.74, 6) is 0. The minimum atomic E-state index is -1.38. The minimum Gasteiger partial charge on any atom is -0.385 e. The Kier molecular flexibility index (Phi) is 4.15. The van der Waals surface area contributed by atoms with Gasteiger partial charge in [0.15, 0.2) is 6.10 Å². The first-order chi connectivity index (χ1) is 8.72. The largest absolute Gasteiger partial charge is 0.385 e. The highest BCUT2D eigenvalue weighted by Gasteiger charge is 2.18. The van der Waals surface area contributed by atoms with Crippen LogP contribution in [0.3, 0.4) is 0 Å². The molecule has 18 heavy (non-hydrogen) atoms. The van der Waals surface area contributed by atoms with Crippen molar-refractivity contribution >= 4 is 5.69 Å². The maximum Gasteiger partial charge on any atom is 0.170 e. The van der Waals surface area contributed by atoms with Crippen LogP contribution in [0.1, 0.15) is 11.7 Å². The van der Waals surface area contributed by atoms with E-state index >= 15 is 0 Å². The van der Waals surface area contributed by atoms with E-state index in [9.17, 15) is 10.2 Å². The zero-order valence-electron chi connectivity index (χ0n) is 10.1. The maximum absolute atomic E-state index is 9.69. The summed E-state index contributed by atoms with van der Waals surface area (Å²) < 4.78 is 0. The molecular weight excluding hydrogens is 230 g/mol. The molecule has 0 saturated carbocycles. The molecule has 1 aliphatic rings. The molecule has 1 aromatic rings. The summed E-state index contributed by atoms with van der Waals surface area (Å²) in [6, 6.07) is 8.95. The Labute approximate surface area is 106 Å². The number of hydrogen-bond acceptors (Lipinski definition) is 5. The second-order valence-corrected chi connectivity index (χ2v) is 4.35. The Bertz CT molecular complexity index is 421. The fourth-order valence-electron chi connectivity index (χ4n) is 2.06. The second-order valence-electron chi connectivity index (χ2n) is 4.35. The fraction of sp³-hybridized carbons (Fsp3) is 0.462. The van der Waals surface area contributed by atoms with E-state index < -0.39 is 12.2 Å². The highest BCUT2D eigenvalue weighted by Crippen LogP contribution is 2.21. The molecule has 3 N–H and O–H groups in total. The van der Waals surface area contributed by atoms with E-state index in [1.54, 1.807) is 18.2 Å². The Hall–Kier alpha value is -1.61. The molecule has 5 nitrogen and oxygen atoms in total. The van der Waals surface area contributed by atoms with Gasteiger partial charge in [0, 0.05) is 31.9 Å². The van der Waals surface area contributed by atoms with Gasteiger partial charge in [-0.3, -0.25) is 0 Å². The fourth-order valence-corrected chi connectivity index (χ4v) is 2.06. The maximum atomic E-state index is 9.69. The lowest BCUT2D eigenvalue weighted by Crippen LogP contribution is -2.43. The van der Waals surface area contributed by atoms with E-state index in [4.69, 9.17) is 5.26 Å². The zero-order valence-corrected chi connectivity index (χ0v) is 10.1. The van der Waals surface area contributed by atoms with Gasteiger partial charge in [-0.2, -0.15) is 5.26 Å².